The molecule has 0 radical (unpaired) electrons. The fourth-order valence-corrected chi connectivity index (χ4v) is 2.41. The molecule has 0 saturated carbocycles. The highest BCUT2D eigenvalue weighted by Gasteiger charge is 2.26. The molecule has 1 aromatic rings. The van der Waals surface area contributed by atoms with E-state index in [9.17, 15) is 14.9 Å². The average molecular weight is 248 g/mol. The highest BCUT2D eigenvalue weighted by molar-refractivity contribution is 5.80. The smallest absolute Gasteiger partial charge is 0.273 e. The summed E-state index contributed by atoms with van der Waals surface area (Å²) in [6.07, 6.45) is 2.15. The topological polar surface area (TPSA) is 63.5 Å². The van der Waals surface area contributed by atoms with Crippen LogP contribution in [0.1, 0.15) is 25.3 Å². The van der Waals surface area contributed by atoms with Crippen LogP contribution in [0.5, 0.6) is 0 Å². The first-order valence-electron chi connectivity index (χ1n) is 6.11. The largest absolute Gasteiger partial charge is 0.340 e. The number of amides is 1. The van der Waals surface area contributed by atoms with Crippen molar-refractivity contribution in [2.75, 3.05) is 6.54 Å². The van der Waals surface area contributed by atoms with Gasteiger partial charge in [-0.2, -0.15) is 0 Å². The number of benzene rings is 1. The monoisotopic (exact) mass is 248 g/mol. The van der Waals surface area contributed by atoms with Gasteiger partial charge in [0, 0.05) is 24.2 Å². The van der Waals surface area contributed by atoms with E-state index >= 15 is 0 Å². The molecule has 0 spiro atoms. The van der Waals surface area contributed by atoms with E-state index in [0.29, 0.717) is 5.56 Å². The van der Waals surface area contributed by atoms with Crippen LogP contribution in [0.3, 0.4) is 0 Å². The van der Waals surface area contributed by atoms with Gasteiger partial charge in [0.15, 0.2) is 0 Å². The van der Waals surface area contributed by atoms with Gasteiger partial charge in [-0.05, 0) is 19.8 Å². The maximum atomic E-state index is 12.1. The molecule has 1 saturated heterocycles. The average Bonchev–Trinajstić information content (AvgIpc) is 2.76. The van der Waals surface area contributed by atoms with E-state index < -0.39 is 4.92 Å². The van der Waals surface area contributed by atoms with Crippen molar-refractivity contribution in [3.05, 3.63) is 39.9 Å². The Bertz CT molecular complexity index is 473. The maximum absolute atomic E-state index is 12.1. The molecule has 0 unspecified atom stereocenters. The van der Waals surface area contributed by atoms with Crippen molar-refractivity contribution in [2.24, 2.45) is 0 Å². The molecule has 1 aliphatic rings. The number of para-hydroxylation sites is 1. The lowest BCUT2D eigenvalue weighted by Crippen LogP contribution is -2.34. The minimum atomic E-state index is -0.435. The molecule has 1 atom stereocenters. The number of carbonyl (C=O) groups is 1. The second-order valence-electron chi connectivity index (χ2n) is 4.64. The summed E-state index contributed by atoms with van der Waals surface area (Å²) in [5.74, 6) is -0.0192. The lowest BCUT2D eigenvalue weighted by Gasteiger charge is -2.21. The molecule has 1 heterocycles. The zero-order chi connectivity index (χ0) is 13.1. The number of likely N-dealkylation sites (tertiary alicyclic amines) is 1. The third-order valence-electron chi connectivity index (χ3n) is 3.40. The van der Waals surface area contributed by atoms with Crippen molar-refractivity contribution in [2.45, 2.75) is 32.2 Å². The van der Waals surface area contributed by atoms with E-state index in [-0.39, 0.29) is 24.1 Å². The van der Waals surface area contributed by atoms with Crippen LogP contribution in [-0.4, -0.2) is 28.3 Å². The van der Waals surface area contributed by atoms with Crippen LogP contribution in [0, 0.1) is 10.1 Å². The van der Waals surface area contributed by atoms with Crippen LogP contribution < -0.4 is 0 Å². The molecular weight excluding hydrogens is 232 g/mol. The molecule has 1 aliphatic heterocycles. The lowest BCUT2D eigenvalue weighted by molar-refractivity contribution is -0.385. The summed E-state index contributed by atoms with van der Waals surface area (Å²) in [4.78, 5) is 24.4. The molecule has 5 nitrogen and oxygen atoms in total. The summed E-state index contributed by atoms with van der Waals surface area (Å²) in [5.41, 5.74) is 0.518. The zero-order valence-electron chi connectivity index (χ0n) is 10.3. The third-order valence-corrected chi connectivity index (χ3v) is 3.40. The molecular formula is C13H16N2O3. The first-order chi connectivity index (χ1) is 8.59. The molecule has 1 aromatic carbocycles. The van der Waals surface area contributed by atoms with Crippen LogP contribution in [-0.2, 0) is 11.2 Å². The van der Waals surface area contributed by atoms with Crippen molar-refractivity contribution in [1.29, 1.82) is 0 Å². The van der Waals surface area contributed by atoms with Gasteiger partial charge in [-0.25, -0.2) is 0 Å². The Balaban J connectivity index is 2.14. The number of carbonyl (C=O) groups excluding carboxylic acids is 1. The third kappa shape index (κ3) is 2.50. The van der Waals surface area contributed by atoms with E-state index in [0.717, 1.165) is 19.4 Å². The van der Waals surface area contributed by atoms with E-state index in [1.54, 1.807) is 18.2 Å². The Morgan fingerprint density at radius 1 is 1.50 bits per heavy atom. The molecule has 96 valence electrons. The first-order valence-corrected chi connectivity index (χ1v) is 6.11. The highest BCUT2D eigenvalue weighted by Crippen LogP contribution is 2.22. The van der Waals surface area contributed by atoms with Gasteiger partial charge in [0.05, 0.1) is 11.3 Å². The van der Waals surface area contributed by atoms with E-state index in [1.807, 2.05) is 11.8 Å². The van der Waals surface area contributed by atoms with Crippen molar-refractivity contribution in [3.8, 4) is 0 Å². The second-order valence-corrected chi connectivity index (χ2v) is 4.64. The molecule has 5 heteroatoms. The van der Waals surface area contributed by atoms with Crippen molar-refractivity contribution in [3.63, 3.8) is 0 Å². The summed E-state index contributed by atoms with van der Waals surface area (Å²) in [5, 5.41) is 10.9. The molecule has 0 N–H and O–H groups in total. The SMILES string of the molecule is C[C@H]1CCCN1C(=O)Cc1ccccc1[N+](=O)[O-]. The van der Waals surface area contributed by atoms with Gasteiger partial charge in [0.1, 0.15) is 0 Å². The number of hydrogen-bond donors (Lipinski definition) is 0. The Morgan fingerprint density at radius 2 is 2.22 bits per heavy atom. The maximum Gasteiger partial charge on any atom is 0.273 e. The first kappa shape index (κ1) is 12.5. The Labute approximate surface area is 106 Å². The molecule has 2 rings (SSSR count). The summed E-state index contributed by atoms with van der Waals surface area (Å²) >= 11 is 0. The van der Waals surface area contributed by atoms with Gasteiger partial charge in [-0.1, -0.05) is 18.2 Å². The van der Waals surface area contributed by atoms with Crippen molar-refractivity contribution < 1.29 is 9.72 Å². The standard InChI is InChI=1S/C13H16N2O3/c1-10-5-4-8-14(10)13(16)9-11-6-2-3-7-12(11)15(17)18/h2-3,6-7,10H,4-5,8-9H2,1H3/t10-/m0/s1. The Kier molecular flexibility index (Phi) is 3.60. The zero-order valence-corrected chi connectivity index (χ0v) is 10.3. The van der Waals surface area contributed by atoms with Crippen LogP contribution in [0.25, 0.3) is 0 Å². The predicted molar refractivity (Wildman–Crippen MR) is 67.2 cm³/mol. The van der Waals surface area contributed by atoms with Gasteiger partial charge in [0.2, 0.25) is 5.91 Å². The van der Waals surface area contributed by atoms with Crippen LogP contribution in [0.15, 0.2) is 24.3 Å². The number of rotatable bonds is 3. The van der Waals surface area contributed by atoms with Gasteiger partial charge in [-0.15, -0.1) is 0 Å². The number of nitro benzene ring substituents is 1. The van der Waals surface area contributed by atoms with Gasteiger partial charge >= 0.3 is 0 Å². The fourth-order valence-electron chi connectivity index (χ4n) is 2.41. The minimum Gasteiger partial charge on any atom is -0.340 e. The minimum absolute atomic E-state index is 0.0192. The van der Waals surface area contributed by atoms with E-state index in [1.165, 1.54) is 6.07 Å². The van der Waals surface area contributed by atoms with Gasteiger partial charge in [0.25, 0.3) is 5.69 Å². The summed E-state index contributed by atoms with van der Waals surface area (Å²) in [7, 11) is 0. The van der Waals surface area contributed by atoms with Gasteiger partial charge in [-0.3, -0.25) is 14.9 Å². The summed E-state index contributed by atoms with van der Waals surface area (Å²) in [6, 6.07) is 6.68. The Morgan fingerprint density at radius 3 is 2.83 bits per heavy atom. The number of nitrogens with zero attached hydrogens (tertiary/aromatic N) is 2. The van der Waals surface area contributed by atoms with Crippen molar-refractivity contribution in [1.82, 2.24) is 4.90 Å². The van der Waals surface area contributed by atoms with E-state index in [2.05, 4.69) is 0 Å². The Hall–Kier alpha value is -1.91. The molecule has 0 bridgehead atoms. The quantitative estimate of drug-likeness (QED) is 0.608. The second kappa shape index (κ2) is 5.16. The van der Waals surface area contributed by atoms with Crippen molar-refractivity contribution >= 4 is 11.6 Å². The van der Waals surface area contributed by atoms with Crippen LogP contribution in [0.4, 0.5) is 5.69 Å². The van der Waals surface area contributed by atoms with Crippen LogP contribution in [0.2, 0.25) is 0 Å². The summed E-state index contributed by atoms with van der Waals surface area (Å²) in [6.45, 7) is 2.78. The lowest BCUT2D eigenvalue weighted by atomic mass is 10.1. The predicted octanol–water partition coefficient (Wildman–Crippen LogP) is 2.15. The number of nitro groups is 1. The number of hydrogen-bond acceptors (Lipinski definition) is 3. The molecule has 0 aromatic heterocycles. The normalized spacial score (nSPS) is 18.9. The fraction of sp³-hybridized carbons (Fsp3) is 0.462. The molecule has 0 aliphatic carbocycles. The van der Waals surface area contributed by atoms with Gasteiger partial charge < -0.3 is 4.90 Å². The molecule has 18 heavy (non-hydrogen) atoms. The highest BCUT2D eigenvalue weighted by atomic mass is 16.6. The molecule has 1 amide bonds. The van der Waals surface area contributed by atoms with E-state index in [4.69, 9.17) is 0 Å². The molecule has 1 fully saturated rings. The summed E-state index contributed by atoms with van der Waals surface area (Å²) < 4.78 is 0. The van der Waals surface area contributed by atoms with Crippen LogP contribution >= 0.6 is 0 Å².